The molecule has 1 aliphatic rings. The number of hydrogen-bond donors (Lipinski definition) is 1. The van der Waals surface area contributed by atoms with Crippen LogP contribution in [0.4, 0.5) is 5.69 Å². The normalized spacial score (nSPS) is 18.9. The summed E-state index contributed by atoms with van der Waals surface area (Å²) >= 11 is 0. The third-order valence-electron chi connectivity index (χ3n) is 3.53. The minimum Gasteiger partial charge on any atom is -0.374 e. The Bertz CT molecular complexity index is 430. The van der Waals surface area contributed by atoms with Gasteiger partial charge in [0, 0.05) is 31.9 Å². The van der Waals surface area contributed by atoms with Gasteiger partial charge in [0.2, 0.25) is 5.91 Å². The van der Waals surface area contributed by atoms with Gasteiger partial charge in [0.1, 0.15) is 0 Å². The van der Waals surface area contributed by atoms with Crippen LogP contribution in [0.2, 0.25) is 0 Å². The summed E-state index contributed by atoms with van der Waals surface area (Å²) in [6.07, 6.45) is 0.0448. The lowest BCUT2D eigenvalue weighted by atomic mass is 10.2. The van der Waals surface area contributed by atoms with Gasteiger partial charge in [-0.1, -0.05) is 18.2 Å². The predicted octanol–water partition coefficient (Wildman–Crippen LogP) is 1.12. The first-order valence-corrected chi connectivity index (χ1v) is 7.14. The molecule has 1 saturated heterocycles. The van der Waals surface area contributed by atoms with Crippen molar-refractivity contribution in [1.29, 1.82) is 0 Å². The maximum atomic E-state index is 12.5. The van der Waals surface area contributed by atoms with Gasteiger partial charge in [-0.3, -0.25) is 9.69 Å². The van der Waals surface area contributed by atoms with Crippen LogP contribution in [0.25, 0.3) is 0 Å². The van der Waals surface area contributed by atoms with Crippen LogP contribution in [0.1, 0.15) is 6.92 Å². The van der Waals surface area contributed by atoms with Gasteiger partial charge in [-0.05, 0) is 19.1 Å². The number of rotatable bonds is 5. The highest BCUT2D eigenvalue weighted by atomic mass is 35.5. The molecule has 2 rings (SSSR count). The molecule has 21 heavy (non-hydrogen) atoms. The first-order valence-electron chi connectivity index (χ1n) is 7.14. The van der Waals surface area contributed by atoms with Crippen molar-refractivity contribution in [2.75, 3.05) is 44.2 Å². The second-order valence-corrected chi connectivity index (χ2v) is 4.94. The molecule has 1 aromatic rings. The number of halogens is 1. The van der Waals surface area contributed by atoms with Crippen molar-refractivity contribution in [1.82, 2.24) is 4.90 Å². The largest absolute Gasteiger partial charge is 0.374 e. The Hall–Kier alpha value is -1.14. The Morgan fingerprint density at radius 1 is 1.43 bits per heavy atom. The van der Waals surface area contributed by atoms with Gasteiger partial charge in [-0.25, -0.2) is 0 Å². The molecule has 1 fully saturated rings. The summed E-state index contributed by atoms with van der Waals surface area (Å²) in [6, 6.07) is 9.78. The molecule has 0 bridgehead atoms. The predicted molar refractivity (Wildman–Crippen MR) is 87.0 cm³/mol. The lowest BCUT2D eigenvalue weighted by Crippen LogP contribution is -2.49. The third kappa shape index (κ3) is 4.97. The van der Waals surface area contributed by atoms with Crippen molar-refractivity contribution >= 4 is 24.0 Å². The fraction of sp³-hybridized carbons (Fsp3) is 0.533. The van der Waals surface area contributed by atoms with Crippen molar-refractivity contribution in [2.24, 2.45) is 5.73 Å². The summed E-state index contributed by atoms with van der Waals surface area (Å²) in [6.45, 7) is 5.75. The summed E-state index contributed by atoms with van der Waals surface area (Å²) in [5.41, 5.74) is 6.57. The van der Waals surface area contributed by atoms with Gasteiger partial charge in [0.25, 0.3) is 0 Å². The maximum absolute atomic E-state index is 12.5. The van der Waals surface area contributed by atoms with Gasteiger partial charge in [0.15, 0.2) is 0 Å². The second-order valence-electron chi connectivity index (χ2n) is 4.94. The number of hydrogen-bond acceptors (Lipinski definition) is 4. The van der Waals surface area contributed by atoms with E-state index in [9.17, 15) is 4.79 Å². The Kier molecular flexibility index (Phi) is 7.67. The van der Waals surface area contributed by atoms with E-state index in [2.05, 4.69) is 4.90 Å². The molecule has 2 N–H and O–H groups in total. The fourth-order valence-corrected chi connectivity index (χ4v) is 2.45. The summed E-state index contributed by atoms with van der Waals surface area (Å²) in [4.78, 5) is 16.4. The van der Waals surface area contributed by atoms with E-state index in [1.807, 2.05) is 42.2 Å². The quantitative estimate of drug-likeness (QED) is 0.885. The molecule has 1 amide bonds. The minimum absolute atomic E-state index is 0. The average molecular weight is 314 g/mol. The van der Waals surface area contributed by atoms with Crippen LogP contribution in [0, 0.1) is 0 Å². The number of nitrogens with zero attached hydrogens (tertiary/aromatic N) is 2. The molecule has 1 aliphatic heterocycles. The molecule has 0 aromatic heterocycles. The number of morpholine rings is 1. The van der Waals surface area contributed by atoms with Crippen molar-refractivity contribution in [3.63, 3.8) is 0 Å². The number of ether oxygens (including phenoxy) is 1. The number of nitrogens with two attached hydrogens (primary N) is 1. The molecular formula is C15H24ClN3O2. The van der Waals surface area contributed by atoms with Crippen molar-refractivity contribution in [2.45, 2.75) is 13.0 Å². The number of likely N-dealkylation sites (N-methyl/N-ethyl adjacent to an activating group) is 1. The molecule has 5 nitrogen and oxygen atoms in total. The Morgan fingerprint density at radius 2 is 2.14 bits per heavy atom. The first kappa shape index (κ1) is 17.9. The Morgan fingerprint density at radius 3 is 2.76 bits per heavy atom. The number of benzene rings is 1. The highest BCUT2D eigenvalue weighted by molar-refractivity contribution is 5.94. The summed E-state index contributed by atoms with van der Waals surface area (Å²) in [5.74, 6) is 0.122. The number of carbonyl (C=O) groups excluding carboxylic acids is 1. The Balaban J connectivity index is 0.00000220. The summed E-state index contributed by atoms with van der Waals surface area (Å²) in [7, 11) is 0. The molecule has 1 unspecified atom stereocenters. The fourth-order valence-electron chi connectivity index (χ4n) is 2.45. The average Bonchev–Trinajstić information content (AvgIpc) is 2.49. The molecular weight excluding hydrogens is 290 g/mol. The van der Waals surface area contributed by atoms with E-state index in [0.29, 0.717) is 26.2 Å². The van der Waals surface area contributed by atoms with E-state index in [-0.39, 0.29) is 24.4 Å². The van der Waals surface area contributed by atoms with E-state index in [1.165, 1.54) is 0 Å². The van der Waals surface area contributed by atoms with E-state index in [4.69, 9.17) is 10.5 Å². The smallest absolute Gasteiger partial charge is 0.241 e. The van der Waals surface area contributed by atoms with E-state index < -0.39 is 0 Å². The standard InChI is InChI=1S/C15H23N3O2.ClH/c1-2-18(13-6-4-3-5-7-13)15(19)12-17-8-9-20-14(10-16)11-17;/h3-7,14H,2,8-12,16H2,1H3;1H. The minimum atomic E-state index is 0. The monoisotopic (exact) mass is 313 g/mol. The number of anilines is 1. The molecule has 0 saturated carbocycles. The number of amides is 1. The van der Waals surface area contributed by atoms with Crippen LogP contribution in [-0.4, -0.2) is 56.2 Å². The highest BCUT2D eigenvalue weighted by Crippen LogP contribution is 2.14. The van der Waals surface area contributed by atoms with Crippen LogP contribution < -0.4 is 10.6 Å². The zero-order chi connectivity index (χ0) is 14.4. The summed E-state index contributed by atoms with van der Waals surface area (Å²) in [5, 5.41) is 0. The summed E-state index contributed by atoms with van der Waals surface area (Å²) < 4.78 is 5.52. The third-order valence-corrected chi connectivity index (χ3v) is 3.53. The van der Waals surface area contributed by atoms with E-state index in [1.54, 1.807) is 0 Å². The lowest BCUT2D eigenvalue weighted by molar-refractivity contribution is -0.121. The van der Waals surface area contributed by atoms with Crippen LogP contribution in [0.5, 0.6) is 0 Å². The van der Waals surface area contributed by atoms with Gasteiger partial charge in [-0.2, -0.15) is 0 Å². The SMILES string of the molecule is CCN(C(=O)CN1CCOC(CN)C1)c1ccccc1.Cl. The van der Waals surface area contributed by atoms with Crippen LogP contribution in [0.15, 0.2) is 30.3 Å². The maximum Gasteiger partial charge on any atom is 0.241 e. The number of carbonyl (C=O) groups is 1. The molecule has 1 aromatic carbocycles. The van der Waals surface area contributed by atoms with Gasteiger partial charge in [0.05, 0.1) is 19.3 Å². The topological polar surface area (TPSA) is 58.8 Å². The van der Waals surface area contributed by atoms with Crippen molar-refractivity contribution < 1.29 is 9.53 Å². The van der Waals surface area contributed by atoms with Gasteiger partial charge in [-0.15, -0.1) is 12.4 Å². The molecule has 1 heterocycles. The van der Waals surface area contributed by atoms with Gasteiger partial charge < -0.3 is 15.4 Å². The van der Waals surface area contributed by atoms with Gasteiger partial charge >= 0.3 is 0 Å². The molecule has 0 aliphatic carbocycles. The number of para-hydroxylation sites is 1. The van der Waals surface area contributed by atoms with E-state index in [0.717, 1.165) is 18.8 Å². The van der Waals surface area contributed by atoms with Crippen molar-refractivity contribution in [3.8, 4) is 0 Å². The van der Waals surface area contributed by atoms with Crippen molar-refractivity contribution in [3.05, 3.63) is 30.3 Å². The molecule has 0 spiro atoms. The molecule has 0 radical (unpaired) electrons. The molecule has 6 heteroatoms. The zero-order valence-electron chi connectivity index (χ0n) is 12.4. The van der Waals surface area contributed by atoms with E-state index >= 15 is 0 Å². The molecule has 118 valence electrons. The zero-order valence-corrected chi connectivity index (χ0v) is 13.2. The van der Waals surface area contributed by atoms with Crippen LogP contribution in [-0.2, 0) is 9.53 Å². The van der Waals surface area contributed by atoms with Crippen LogP contribution in [0.3, 0.4) is 0 Å². The van der Waals surface area contributed by atoms with Crippen LogP contribution >= 0.6 is 12.4 Å². The molecule has 1 atom stereocenters. The first-order chi connectivity index (χ1) is 9.74. The Labute approximate surface area is 132 Å². The second kappa shape index (κ2) is 9.00. The highest BCUT2D eigenvalue weighted by Gasteiger charge is 2.23. The lowest BCUT2D eigenvalue weighted by Gasteiger charge is -2.33.